The summed E-state index contributed by atoms with van der Waals surface area (Å²) in [7, 11) is 1.86. The minimum Gasteiger partial charge on any atom is -0.396 e. The summed E-state index contributed by atoms with van der Waals surface area (Å²) >= 11 is 0. The Morgan fingerprint density at radius 1 is 1.40 bits per heavy atom. The standard InChI is InChI=1S/C15H30N2O3/c1-12(2)10-13(4-7-18)11-16-15(19)17(3)14-5-8-20-9-6-14/h12-14,18H,4-11H2,1-3H3,(H,16,19). The first kappa shape index (κ1) is 17.2. The summed E-state index contributed by atoms with van der Waals surface area (Å²) < 4.78 is 5.32. The van der Waals surface area contributed by atoms with Crippen LogP contribution in [0.5, 0.6) is 0 Å². The average Bonchev–Trinajstić information content (AvgIpc) is 2.44. The van der Waals surface area contributed by atoms with Crippen LogP contribution in [-0.2, 0) is 4.74 Å². The molecule has 0 aromatic rings. The SMILES string of the molecule is CC(C)CC(CCO)CNC(=O)N(C)C1CCOCC1. The molecule has 0 aromatic heterocycles. The number of nitrogens with zero attached hydrogens (tertiary/aromatic N) is 1. The number of hydrogen-bond donors (Lipinski definition) is 2. The Kier molecular flexibility index (Phi) is 7.92. The molecular weight excluding hydrogens is 256 g/mol. The number of hydrogen-bond acceptors (Lipinski definition) is 3. The van der Waals surface area contributed by atoms with Crippen LogP contribution in [0.2, 0.25) is 0 Å². The van der Waals surface area contributed by atoms with Crippen molar-refractivity contribution in [2.75, 3.05) is 33.4 Å². The highest BCUT2D eigenvalue weighted by atomic mass is 16.5. The van der Waals surface area contributed by atoms with E-state index >= 15 is 0 Å². The number of aliphatic hydroxyl groups excluding tert-OH is 1. The van der Waals surface area contributed by atoms with Crippen LogP contribution in [0.1, 0.15) is 39.5 Å². The zero-order valence-electron chi connectivity index (χ0n) is 13.1. The molecule has 0 saturated carbocycles. The molecule has 20 heavy (non-hydrogen) atoms. The molecule has 1 fully saturated rings. The Morgan fingerprint density at radius 2 is 2.05 bits per heavy atom. The van der Waals surface area contributed by atoms with Gasteiger partial charge in [-0.15, -0.1) is 0 Å². The molecule has 0 spiro atoms. The van der Waals surface area contributed by atoms with Crippen LogP contribution in [0.15, 0.2) is 0 Å². The molecule has 2 amide bonds. The van der Waals surface area contributed by atoms with E-state index in [4.69, 9.17) is 9.84 Å². The first-order valence-electron chi connectivity index (χ1n) is 7.73. The maximum Gasteiger partial charge on any atom is 0.317 e. The number of rotatable bonds is 7. The van der Waals surface area contributed by atoms with E-state index in [1.807, 2.05) is 7.05 Å². The van der Waals surface area contributed by atoms with Crippen LogP contribution in [0.3, 0.4) is 0 Å². The Balaban J connectivity index is 2.35. The third-order valence-corrected chi connectivity index (χ3v) is 3.94. The summed E-state index contributed by atoms with van der Waals surface area (Å²) in [5, 5.41) is 12.1. The quantitative estimate of drug-likeness (QED) is 0.751. The zero-order chi connectivity index (χ0) is 15.0. The van der Waals surface area contributed by atoms with Crippen LogP contribution >= 0.6 is 0 Å². The van der Waals surface area contributed by atoms with E-state index in [9.17, 15) is 4.79 Å². The fourth-order valence-corrected chi connectivity index (χ4v) is 2.75. The van der Waals surface area contributed by atoms with E-state index in [0.29, 0.717) is 18.4 Å². The molecule has 1 rings (SSSR count). The molecule has 0 bridgehead atoms. The number of carbonyl (C=O) groups excluding carboxylic acids is 1. The fourth-order valence-electron chi connectivity index (χ4n) is 2.75. The number of urea groups is 1. The molecule has 5 heteroatoms. The number of amides is 2. The van der Waals surface area contributed by atoms with Crippen molar-refractivity contribution in [3.05, 3.63) is 0 Å². The molecule has 0 aromatic carbocycles. The molecule has 1 aliphatic rings. The fraction of sp³-hybridized carbons (Fsp3) is 0.933. The molecule has 2 N–H and O–H groups in total. The minimum atomic E-state index is -0.0106. The second-order valence-electron chi connectivity index (χ2n) is 6.15. The first-order chi connectivity index (χ1) is 9.54. The first-order valence-corrected chi connectivity index (χ1v) is 7.73. The van der Waals surface area contributed by atoms with Gasteiger partial charge in [0.25, 0.3) is 0 Å². The average molecular weight is 286 g/mol. The molecule has 1 heterocycles. The normalized spacial score (nSPS) is 18.1. The predicted octanol–water partition coefficient (Wildman–Crippen LogP) is 1.85. The highest BCUT2D eigenvalue weighted by Gasteiger charge is 2.22. The number of carbonyl (C=O) groups is 1. The molecular formula is C15H30N2O3. The maximum atomic E-state index is 12.1. The Hall–Kier alpha value is -0.810. The van der Waals surface area contributed by atoms with Gasteiger partial charge >= 0.3 is 6.03 Å². The van der Waals surface area contributed by atoms with Gasteiger partial charge in [0, 0.05) is 39.5 Å². The summed E-state index contributed by atoms with van der Waals surface area (Å²) in [6.07, 6.45) is 3.60. The topological polar surface area (TPSA) is 61.8 Å². The van der Waals surface area contributed by atoms with Crippen LogP contribution < -0.4 is 5.32 Å². The summed E-state index contributed by atoms with van der Waals surface area (Å²) in [5.74, 6) is 0.934. The van der Waals surface area contributed by atoms with E-state index in [2.05, 4.69) is 19.2 Å². The molecule has 1 unspecified atom stereocenters. The van der Waals surface area contributed by atoms with Gasteiger partial charge in [-0.1, -0.05) is 13.8 Å². The number of nitrogens with one attached hydrogen (secondary N) is 1. The van der Waals surface area contributed by atoms with Gasteiger partial charge in [0.1, 0.15) is 0 Å². The van der Waals surface area contributed by atoms with Crippen LogP contribution in [0.4, 0.5) is 4.79 Å². The van der Waals surface area contributed by atoms with E-state index in [1.54, 1.807) is 4.90 Å². The smallest absolute Gasteiger partial charge is 0.317 e. The Morgan fingerprint density at radius 3 is 2.60 bits per heavy atom. The molecule has 0 aliphatic carbocycles. The van der Waals surface area contributed by atoms with Gasteiger partial charge in [0.05, 0.1) is 0 Å². The van der Waals surface area contributed by atoms with Crippen LogP contribution in [0.25, 0.3) is 0 Å². The van der Waals surface area contributed by atoms with Crippen molar-refractivity contribution in [1.29, 1.82) is 0 Å². The van der Waals surface area contributed by atoms with E-state index in [-0.39, 0.29) is 18.7 Å². The van der Waals surface area contributed by atoms with Crippen molar-refractivity contribution in [1.82, 2.24) is 10.2 Å². The van der Waals surface area contributed by atoms with Gasteiger partial charge in [0.2, 0.25) is 0 Å². The molecule has 5 nitrogen and oxygen atoms in total. The largest absolute Gasteiger partial charge is 0.396 e. The monoisotopic (exact) mass is 286 g/mol. The lowest BCUT2D eigenvalue weighted by Gasteiger charge is -2.31. The summed E-state index contributed by atoms with van der Waals surface area (Å²) in [5.41, 5.74) is 0. The number of ether oxygens (including phenoxy) is 1. The van der Waals surface area contributed by atoms with Gasteiger partial charge in [-0.2, -0.15) is 0 Å². The van der Waals surface area contributed by atoms with Crippen molar-refractivity contribution in [2.45, 2.75) is 45.6 Å². The summed E-state index contributed by atoms with van der Waals surface area (Å²) in [4.78, 5) is 13.9. The van der Waals surface area contributed by atoms with Crippen molar-refractivity contribution < 1.29 is 14.6 Å². The molecule has 0 radical (unpaired) electrons. The van der Waals surface area contributed by atoms with Gasteiger partial charge in [-0.25, -0.2) is 4.79 Å². The maximum absolute atomic E-state index is 12.1. The van der Waals surface area contributed by atoms with Crippen molar-refractivity contribution >= 4 is 6.03 Å². The molecule has 1 aliphatic heterocycles. The lowest BCUT2D eigenvalue weighted by atomic mass is 9.94. The summed E-state index contributed by atoms with van der Waals surface area (Å²) in [6.45, 7) is 6.64. The van der Waals surface area contributed by atoms with Gasteiger partial charge in [-0.3, -0.25) is 0 Å². The second-order valence-corrected chi connectivity index (χ2v) is 6.15. The third kappa shape index (κ3) is 6.09. The third-order valence-electron chi connectivity index (χ3n) is 3.94. The second kappa shape index (κ2) is 9.19. The van der Waals surface area contributed by atoms with E-state index < -0.39 is 0 Å². The predicted molar refractivity (Wildman–Crippen MR) is 79.7 cm³/mol. The molecule has 1 atom stereocenters. The summed E-state index contributed by atoms with van der Waals surface area (Å²) in [6, 6.07) is 0.272. The van der Waals surface area contributed by atoms with E-state index in [1.165, 1.54) is 0 Å². The highest BCUT2D eigenvalue weighted by molar-refractivity contribution is 5.74. The van der Waals surface area contributed by atoms with Crippen LogP contribution in [-0.4, -0.2) is 55.5 Å². The lowest BCUT2D eigenvalue weighted by molar-refractivity contribution is 0.0523. The van der Waals surface area contributed by atoms with E-state index in [0.717, 1.165) is 38.9 Å². The Bertz CT molecular complexity index is 278. The highest BCUT2D eigenvalue weighted by Crippen LogP contribution is 2.15. The van der Waals surface area contributed by atoms with Crippen molar-refractivity contribution in [3.63, 3.8) is 0 Å². The number of aliphatic hydroxyl groups is 1. The van der Waals surface area contributed by atoms with Gasteiger partial charge < -0.3 is 20.1 Å². The zero-order valence-corrected chi connectivity index (χ0v) is 13.1. The van der Waals surface area contributed by atoms with Gasteiger partial charge in [-0.05, 0) is 37.5 Å². The molecule has 118 valence electrons. The van der Waals surface area contributed by atoms with Crippen molar-refractivity contribution in [3.8, 4) is 0 Å². The van der Waals surface area contributed by atoms with Gasteiger partial charge in [0.15, 0.2) is 0 Å². The Labute approximate surface area is 122 Å². The van der Waals surface area contributed by atoms with Crippen LogP contribution in [0, 0.1) is 11.8 Å². The minimum absolute atomic E-state index is 0.0106. The lowest BCUT2D eigenvalue weighted by Crippen LogP contribution is -2.47. The molecule has 1 saturated heterocycles. The van der Waals surface area contributed by atoms with Crippen molar-refractivity contribution in [2.24, 2.45) is 11.8 Å².